The van der Waals surface area contributed by atoms with Gasteiger partial charge in [0.2, 0.25) is 0 Å². The van der Waals surface area contributed by atoms with Crippen LogP contribution in [-0.4, -0.2) is 20.7 Å². The largest absolute Gasteiger partial charge is 0.348 e. The highest BCUT2D eigenvalue weighted by molar-refractivity contribution is 5.94. The fraction of sp³-hybridized carbons (Fsp3) is 0.0625. The minimum absolute atomic E-state index is 0.118. The maximum Gasteiger partial charge on any atom is 0.251 e. The van der Waals surface area contributed by atoms with Crippen molar-refractivity contribution in [1.29, 1.82) is 0 Å². The van der Waals surface area contributed by atoms with Crippen molar-refractivity contribution < 1.29 is 4.79 Å². The quantitative estimate of drug-likeness (QED) is 0.796. The van der Waals surface area contributed by atoms with Gasteiger partial charge in [-0.3, -0.25) is 9.78 Å². The van der Waals surface area contributed by atoms with Crippen molar-refractivity contribution >= 4 is 5.91 Å². The van der Waals surface area contributed by atoms with Crippen LogP contribution in [0, 0.1) is 0 Å². The number of nitrogens with zero attached hydrogens (tertiary/aromatic N) is 3. The lowest BCUT2D eigenvalue weighted by Crippen LogP contribution is -2.22. The van der Waals surface area contributed by atoms with Crippen molar-refractivity contribution in [2.24, 2.45) is 0 Å². The van der Waals surface area contributed by atoms with Gasteiger partial charge in [0, 0.05) is 36.9 Å². The Morgan fingerprint density at radius 3 is 2.86 bits per heavy atom. The molecule has 3 rings (SSSR count). The van der Waals surface area contributed by atoms with Crippen LogP contribution in [0.25, 0.3) is 5.69 Å². The van der Waals surface area contributed by atoms with E-state index in [1.807, 2.05) is 42.6 Å². The molecule has 0 fully saturated rings. The zero-order valence-corrected chi connectivity index (χ0v) is 11.3. The summed E-state index contributed by atoms with van der Waals surface area (Å²) in [6.07, 6.45) is 6.99. The van der Waals surface area contributed by atoms with E-state index in [2.05, 4.69) is 15.4 Å². The SMILES string of the molecule is O=C(NCc1cccnc1)c1cccc(-n2cccn2)c1. The Kier molecular flexibility index (Phi) is 3.73. The molecule has 5 heteroatoms. The second kappa shape index (κ2) is 6.00. The normalized spacial score (nSPS) is 10.3. The van der Waals surface area contributed by atoms with E-state index in [0.717, 1.165) is 11.3 Å². The van der Waals surface area contributed by atoms with Gasteiger partial charge < -0.3 is 5.32 Å². The molecule has 1 N–H and O–H groups in total. The van der Waals surface area contributed by atoms with Gasteiger partial charge in [-0.05, 0) is 35.9 Å². The van der Waals surface area contributed by atoms with Crippen molar-refractivity contribution in [1.82, 2.24) is 20.1 Å². The Morgan fingerprint density at radius 1 is 1.14 bits per heavy atom. The molecule has 104 valence electrons. The molecule has 0 radical (unpaired) electrons. The third-order valence-electron chi connectivity index (χ3n) is 3.05. The first-order chi connectivity index (χ1) is 10.3. The molecule has 3 aromatic rings. The van der Waals surface area contributed by atoms with Gasteiger partial charge in [0.1, 0.15) is 0 Å². The maximum atomic E-state index is 12.2. The highest BCUT2D eigenvalue weighted by Gasteiger charge is 2.07. The molecule has 1 aromatic carbocycles. The van der Waals surface area contributed by atoms with Crippen LogP contribution in [0.3, 0.4) is 0 Å². The second-order valence-corrected chi connectivity index (χ2v) is 4.54. The van der Waals surface area contributed by atoms with E-state index < -0.39 is 0 Å². The van der Waals surface area contributed by atoms with Crippen LogP contribution in [0.15, 0.2) is 67.3 Å². The molecule has 0 aliphatic heterocycles. The van der Waals surface area contributed by atoms with Crippen LogP contribution < -0.4 is 5.32 Å². The minimum Gasteiger partial charge on any atom is -0.348 e. The summed E-state index contributed by atoms with van der Waals surface area (Å²) in [5, 5.41) is 7.04. The molecule has 1 amide bonds. The molecular formula is C16H14N4O. The molecule has 21 heavy (non-hydrogen) atoms. The molecule has 0 saturated heterocycles. The lowest BCUT2D eigenvalue weighted by atomic mass is 10.2. The van der Waals surface area contributed by atoms with E-state index in [0.29, 0.717) is 12.1 Å². The van der Waals surface area contributed by atoms with E-state index in [9.17, 15) is 4.79 Å². The van der Waals surface area contributed by atoms with Gasteiger partial charge in [0.15, 0.2) is 0 Å². The number of rotatable bonds is 4. The number of aromatic nitrogens is 3. The van der Waals surface area contributed by atoms with Gasteiger partial charge >= 0.3 is 0 Å². The predicted octanol–water partition coefficient (Wildman–Crippen LogP) is 2.20. The standard InChI is InChI=1S/C16H14N4O/c21-16(18-12-13-4-2-7-17-11-13)14-5-1-6-15(10-14)20-9-3-8-19-20/h1-11H,12H2,(H,18,21). The van der Waals surface area contributed by atoms with Gasteiger partial charge in [-0.1, -0.05) is 12.1 Å². The zero-order chi connectivity index (χ0) is 14.5. The molecule has 5 nitrogen and oxygen atoms in total. The van der Waals surface area contributed by atoms with Crippen LogP contribution in [0.1, 0.15) is 15.9 Å². The predicted molar refractivity (Wildman–Crippen MR) is 79.0 cm³/mol. The lowest BCUT2D eigenvalue weighted by molar-refractivity contribution is 0.0951. The molecular weight excluding hydrogens is 264 g/mol. The molecule has 0 aliphatic carbocycles. The van der Waals surface area contributed by atoms with Gasteiger partial charge in [-0.2, -0.15) is 5.10 Å². The van der Waals surface area contributed by atoms with Gasteiger partial charge in [-0.25, -0.2) is 4.68 Å². The number of carbonyl (C=O) groups excluding carboxylic acids is 1. The van der Waals surface area contributed by atoms with Gasteiger partial charge in [0.25, 0.3) is 5.91 Å². The highest BCUT2D eigenvalue weighted by atomic mass is 16.1. The maximum absolute atomic E-state index is 12.2. The fourth-order valence-electron chi connectivity index (χ4n) is 2.00. The first-order valence-electron chi connectivity index (χ1n) is 6.60. The van der Waals surface area contributed by atoms with Crippen LogP contribution in [0.4, 0.5) is 0 Å². The minimum atomic E-state index is -0.118. The smallest absolute Gasteiger partial charge is 0.251 e. The summed E-state index contributed by atoms with van der Waals surface area (Å²) in [7, 11) is 0. The number of hydrogen-bond acceptors (Lipinski definition) is 3. The van der Waals surface area contributed by atoms with Crippen LogP contribution in [0.2, 0.25) is 0 Å². The summed E-state index contributed by atoms with van der Waals surface area (Å²) >= 11 is 0. The topological polar surface area (TPSA) is 59.8 Å². The summed E-state index contributed by atoms with van der Waals surface area (Å²) in [5.41, 5.74) is 2.43. The summed E-state index contributed by atoms with van der Waals surface area (Å²) in [4.78, 5) is 16.2. The van der Waals surface area contributed by atoms with E-state index >= 15 is 0 Å². The number of benzene rings is 1. The summed E-state index contributed by atoms with van der Waals surface area (Å²) in [6.45, 7) is 0.457. The third-order valence-corrected chi connectivity index (χ3v) is 3.05. The molecule has 0 atom stereocenters. The Labute approximate surface area is 122 Å². The van der Waals surface area contributed by atoms with E-state index in [1.54, 1.807) is 29.3 Å². The highest BCUT2D eigenvalue weighted by Crippen LogP contribution is 2.09. The number of hydrogen-bond donors (Lipinski definition) is 1. The van der Waals surface area contributed by atoms with Crippen LogP contribution in [-0.2, 0) is 6.54 Å². The lowest BCUT2D eigenvalue weighted by Gasteiger charge is -2.07. The summed E-state index contributed by atoms with van der Waals surface area (Å²) in [6, 6.07) is 13.0. The third kappa shape index (κ3) is 3.14. The van der Waals surface area contributed by atoms with Crippen LogP contribution in [0.5, 0.6) is 0 Å². The zero-order valence-electron chi connectivity index (χ0n) is 11.3. The van der Waals surface area contributed by atoms with Crippen molar-refractivity contribution in [3.63, 3.8) is 0 Å². The number of carbonyl (C=O) groups is 1. The van der Waals surface area contributed by atoms with E-state index in [1.165, 1.54) is 0 Å². The van der Waals surface area contributed by atoms with Gasteiger partial charge in [-0.15, -0.1) is 0 Å². The molecule has 2 aromatic heterocycles. The first-order valence-corrected chi connectivity index (χ1v) is 6.60. The Balaban J connectivity index is 1.72. The molecule has 0 aliphatic rings. The van der Waals surface area contributed by atoms with Gasteiger partial charge in [0.05, 0.1) is 5.69 Å². The van der Waals surface area contributed by atoms with Crippen molar-refractivity contribution in [3.8, 4) is 5.69 Å². The van der Waals surface area contributed by atoms with Crippen molar-refractivity contribution in [2.75, 3.05) is 0 Å². The summed E-state index contributed by atoms with van der Waals surface area (Å²) < 4.78 is 1.72. The average Bonchev–Trinajstić information content (AvgIpc) is 3.08. The van der Waals surface area contributed by atoms with Crippen LogP contribution >= 0.6 is 0 Å². The van der Waals surface area contributed by atoms with Crippen molar-refractivity contribution in [2.45, 2.75) is 6.54 Å². The molecule has 2 heterocycles. The Hall–Kier alpha value is -2.95. The molecule has 0 saturated carbocycles. The molecule has 0 spiro atoms. The van der Waals surface area contributed by atoms with E-state index in [-0.39, 0.29) is 5.91 Å². The first kappa shape index (κ1) is 13.1. The number of amides is 1. The Morgan fingerprint density at radius 2 is 2.10 bits per heavy atom. The average molecular weight is 278 g/mol. The molecule has 0 unspecified atom stereocenters. The van der Waals surface area contributed by atoms with Crippen molar-refractivity contribution in [3.05, 3.63) is 78.4 Å². The monoisotopic (exact) mass is 278 g/mol. The second-order valence-electron chi connectivity index (χ2n) is 4.54. The number of nitrogens with one attached hydrogen (secondary N) is 1. The number of pyridine rings is 1. The fourth-order valence-corrected chi connectivity index (χ4v) is 2.00. The molecule has 0 bridgehead atoms. The summed E-state index contributed by atoms with van der Waals surface area (Å²) in [5.74, 6) is -0.118. The van der Waals surface area contributed by atoms with E-state index in [4.69, 9.17) is 0 Å². The Bertz CT molecular complexity index is 723.